The molecule has 2 saturated heterocycles. The highest BCUT2D eigenvalue weighted by atomic mass is 16.4. The Kier molecular flexibility index (Phi) is 26.1. The average Bonchev–Trinajstić information content (AvgIpc) is 4.13. The predicted octanol–water partition coefficient (Wildman–Crippen LogP) is -3.88. The normalized spacial score (nSPS) is 17.1. The van der Waals surface area contributed by atoms with E-state index in [1.54, 1.807) is 60.7 Å². The van der Waals surface area contributed by atoms with E-state index in [2.05, 4.69) is 36.9 Å². The van der Waals surface area contributed by atoms with Crippen molar-refractivity contribution >= 4 is 71.0 Å². The second-order valence-corrected chi connectivity index (χ2v) is 19.5. The van der Waals surface area contributed by atoms with Gasteiger partial charge in [0.2, 0.25) is 59.1 Å². The third-order valence-corrected chi connectivity index (χ3v) is 13.4. The number of amides is 10. The minimum absolute atomic E-state index is 0.0669. The van der Waals surface area contributed by atoms with Gasteiger partial charge < -0.3 is 81.2 Å². The van der Waals surface area contributed by atoms with Crippen LogP contribution in [0.15, 0.2) is 65.7 Å². The first kappa shape index (κ1) is 63.3. The van der Waals surface area contributed by atoms with Gasteiger partial charge in [0.1, 0.15) is 48.8 Å². The van der Waals surface area contributed by atoms with Crippen LogP contribution in [0.2, 0.25) is 0 Å². The van der Waals surface area contributed by atoms with Crippen molar-refractivity contribution in [2.24, 2.45) is 39.4 Å². The Morgan fingerprint density at radius 2 is 1.01 bits per heavy atom. The van der Waals surface area contributed by atoms with Gasteiger partial charge in [-0.15, -0.1) is 0 Å². The van der Waals surface area contributed by atoms with Gasteiger partial charge in [-0.2, -0.15) is 0 Å². The molecule has 0 saturated carbocycles. The van der Waals surface area contributed by atoms with Crippen molar-refractivity contribution < 1.29 is 57.8 Å². The number of unbranched alkanes of at least 4 members (excludes halogenated alkanes) is 1. The summed E-state index contributed by atoms with van der Waals surface area (Å²) in [6.45, 7) is 0.172. The highest BCUT2D eigenvalue weighted by molar-refractivity contribution is 5.98. The number of carboxylic acid groups (broad SMARTS) is 1. The Morgan fingerprint density at radius 3 is 1.49 bits per heavy atom. The molecule has 2 aromatic carbocycles. The fourth-order valence-electron chi connectivity index (χ4n) is 9.28. The van der Waals surface area contributed by atoms with Crippen molar-refractivity contribution in [2.45, 2.75) is 145 Å². The van der Waals surface area contributed by atoms with Gasteiger partial charge in [-0.25, -0.2) is 0 Å². The van der Waals surface area contributed by atoms with E-state index in [0.29, 0.717) is 56.2 Å². The summed E-state index contributed by atoms with van der Waals surface area (Å²) in [6.07, 6.45) is 1.19. The van der Waals surface area contributed by atoms with E-state index in [0.717, 1.165) is 0 Å². The second-order valence-electron chi connectivity index (χ2n) is 19.5. The molecular formula is C52H77N15O12. The van der Waals surface area contributed by atoms with Gasteiger partial charge in [0.25, 0.3) is 0 Å². The zero-order chi connectivity index (χ0) is 58.0. The summed E-state index contributed by atoms with van der Waals surface area (Å²) in [6, 6.07) is 6.93. The topological polar surface area (TPSA) is 455 Å². The Morgan fingerprint density at radius 1 is 0.557 bits per heavy atom. The van der Waals surface area contributed by atoms with Crippen molar-refractivity contribution in [3.05, 3.63) is 71.8 Å². The number of aliphatic carboxylic acids is 1. The van der Waals surface area contributed by atoms with Crippen LogP contribution in [0.5, 0.6) is 0 Å². The minimum atomic E-state index is -1.60. The summed E-state index contributed by atoms with van der Waals surface area (Å²) < 4.78 is 0. The summed E-state index contributed by atoms with van der Waals surface area (Å²) in [7, 11) is 0. The molecule has 4 rings (SSSR count). The first-order chi connectivity index (χ1) is 37.7. The van der Waals surface area contributed by atoms with Crippen LogP contribution in [-0.2, 0) is 65.6 Å². The first-order valence-electron chi connectivity index (χ1n) is 26.5. The molecule has 2 heterocycles. The number of nitrogens with zero attached hydrogens (tertiary/aromatic N) is 3. The smallest absolute Gasteiger partial charge is 0.322 e. The molecule has 8 atom stereocenters. The van der Waals surface area contributed by atoms with Crippen LogP contribution in [0.25, 0.3) is 0 Å². The SMILES string of the molecule is NCCCC[C@H](NC(=O)[C@@H]1CCCN1C(=O)[C@@H](N)CCCN=C(N)N)C(=O)N1CCC[C@H]1C(=O)N[C@@H](CCC(N)=O)C(=O)N[C@@H](CCC(N)=O)C(=O)N[C@@H](Cc1ccccc1)C(=O)N[C@@H](Cc1ccccc1)C(=O)NCC(=O)O. The molecule has 0 unspecified atom stereocenters. The van der Waals surface area contributed by atoms with Crippen LogP contribution in [-0.4, -0.2) is 167 Å². The molecule has 2 fully saturated rings. The predicted molar refractivity (Wildman–Crippen MR) is 288 cm³/mol. The van der Waals surface area contributed by atoms with E-state index in [9.17, 15) is 57.8 Å². The minimum Gasteiger partial charge on any atom is -0.480 e. The maximum Gasteiger partial charge on any atom is 0.322 e. The molecule has 2 aliphatic heterocycles. The molecular weight excluding hydrogens is 1030 g/mol. The number of carbonyl (C=O) groups excluding carboxylic acids is 10. The van der Waals surface area contributed by atoms with E-state index in [1.165, 1.54) is 9.80 Å². The number of aliphatic imine (C=N–C) groups is 1. The van der Waals surface area contributed by atoms with E-state index in [4.69, 9.17) is 34.4 Å². The lowest BCUT2D eigenvalue weighted by molar-refractivity contribution is -0.144. The number of nitrogens with two attached hydrogens (primary N) is 6. The van der Waals surface area contributed by atoms with Gasteiger partial charge in [-0.05, 0) is 88.3 Å². The van der Waals surface area contributed by atoms with Gasteiger partial charge in [0, 0.05) is 45.3 Å². The lowest BCUT2D eigenvalue weighted by atomic mass is 10.0. The molecule has 10 amide bonds. The number of carbonyl (C=O) groups is 11. The van der Waals surface area contributed by atoms with Crippen LogP contribution in [0.1, 0.15) is 94.6 Å². The van der Waals surface area contributed by atoms with Gasteiger partial charge in [-0.1, -0.05) is 60.7 Å². The van der Waals surface area contributed by atoms with Gasteiger partial charge in [0.15, 0.2) is 5.96 Å². The second kappa shape index (κ2) is 32.5. The molecule has 0 aromatic heterocycles. The van der Waals surface area contributed by atoms with Gasteiger partial charge in [0.05, 0.1) is 6.04 Å². The average molecular weight is 1100 g/mol. The highest BCUT2D eigenvalue weighted by Gasteiger charge is 2.42. The van der Waals surface area contributed by atoms with Gasteiger partial charge >= 0.3 is 5.97 Å². The van der Waals surface area contributed by atoms with Crippen molar-refractivity contribution in [2.75, 3.05) is 32.7 Å². The fraction of sp³-hybridized carbons (Fsp3) is 0.538. The summed E-state index contributed by atoms with van der Waals surface area (Å²) in [5.41, 5.74) is 34.9. The summed E-state index contributed by atoms with van der Waals surface area (Å²) >= 11 is 0. The summed E-state index contributed by atoms with van der Waals surface area (Å²) in [4.78, 5) is 154. The summed E-state index contributed by atoms with van der Waals surface area (Å²) in [5.74, 6) is -9.22. The number of hydrogen-bond acceptors (Lipinski definition) is 14. The molecule has 0 aliphatic carbocycles. The fourth-order valence-corrected chi connectivity index (χ4v) is 9.28. The van der Waals surface area contributed by atoms with Crippen molar-refractivity contribution in [1.29, 1.82) is 0 Å². The largest absolute Gasteiger partial charge is 0.480 e. The number of primary amides is 2. The third-order valence-electron chi connectivity index (χ3n) is 13.4. The molecule has 0 spiro atoms. The van der Waals surface area contributed by atoms with E-state index in [-0.39, 0.29) is 64.1 Å². The van der Waals surface area contributed by atoms with Crippen molar-refractivity contribution in [3.63, 3.8) is 0 Å². The lowest BCUT2D eigenvalue weighted by Gasteiger charge is -2.32. The molecule has 0 radical (unpaired) electrons. The van der Waals surface area contributed by atoms with E-state index in [1.807, 2.05) is 0 Å². The van der Waals surface area contributed by atoms with Crippen LogP contribution in [0.4, 0.5) is 0 Å². The van der Waals surface area contributed by atoms with Crippen LogP contribution < -0.4 is 66.3 Å². The molecule has 432 valence electrons. The van der Waals surface area contributed by atoms with Crippen LogP contribution >= 0.6 is 0 Å². The zero-order valence-corrected chi connectivity index (χ0v) is 44.3. The molecule has 0 bridgehead atoms. The molecule has 2 aliphatic rings. The maximum atomic E-state index is 14.5. The lowest BCUT2D eigenvalue weighted by Crippen LogP contribution is -2.60. The van der Waals surface area contributed by atoms with Crippen LogP contribution in [0.3, 0.4) is 0 Å². The maximum absolute atomic E-state index is 14.5. The third kappa shape index (κ3) is 21.3. The number of guanidine groups is 1. The van der Waals surface area contributed by atoms with Crippen LogP contribution in [0, 0.1) is 0 Å². The number of carboxylic acids is 1. The number of rotatable bonds is 33. The first-order valence-corrected chi connectivity index (χ1v) is 26.5. The zero-order valence-electron chi connectivity index (χ0n) is 44.3. The molecule has 27 heteroatoms. The summed E-state index contributed by atoms with van der Waals surface area (Å²) in [5, 5.41) is 24.7. The Labute approximate surface area is 457 Å². The van der Waals surface area contributed by atoms with Crippen molar-refractivity contribution in [1.82, 2.24) is 41.7 Å². The number of nitrogens with one attached hydrogen (secondary N) is 6. The Hall–Kier alpha value is -8.20. The quantitative estimate of drug-likeness (QED) is 0.0185. The number of likely N-dealkylation sites (tertiary alicyclic amines) is 2. The van der Waals surface area contributed by atoms with E-state index < -0.39 is 139 Å². The van der Waals surface area contributed by atoms with Gasteiger partial charge in [-0.3, -0.25) is 57.7 Å². The number of hydrogen-bond donors (Lipinski definition) is 13. The molecule has 79 heavy (non-hydrogen) atoms. The monoisotopic (exact) mass is 1100 g/mol. The molecule has 2 aromatic rings. The standard InChI is InChI=1S/C52H77N15O12/c53-24-8-7-17-36(63-49(77)39-18-10-26-66(39)50(78)33(54)16-9-25-59-52(57)58)51(79)67-27-11-19-40(67)48(76)62-35(21-23-42(56)69)45(73)61-34(20-22-41(55)68)46(74)65-38(29-32-14-5-2-6-15-32)47(75)64-37(44(72)60-30-43(70)71)28-31-12-3-1-4-13-31/h1-6,12-15,33-40H,7-11,16-30,53-54H2,(H2,55,68)(H2,56,69)(H,60,72)(H,61,73)(H,62,76)(H,63,77)(H,64,75)(H,65,74)(H,70,71)(H4,57,58,59)/t33-,34-,35-,36-,37-,38-,39-,40-/m0/s1. The van der Waals surface area contributed by atoms with E-state index >= 15 is 0 Å². The molecule has 27 nitrogen and oxygen atoms in total. The highest BCUT2D eigenvalue weighted by Crippen LogP contribution is 2.23. The van der Waals surface area contributed by atoms with Crippen molar-refractivity contribution in [3.8, 4) is 0 Å². The Balaban J connectivity index is 1.54. The molecule has 19 N–H and O–H groups in total. The number of benzene rings is 2. The Bertz CT molecular complexity index is 2460.